The fourth-order valence-electron chi connectivity index (χ4n) is 6.90. The zero-order chi connectivity index (χ0) is 27.6. The summed E-state index contributed by atoms with van der Waals surface area (Å²) in [5, 5.41) is 0. The third-order valence-corrected chi connectivity index (χ3v) is 8.79. The van der Waals surface area contributed by atoms with Crippen molar-refractivity contribution < 1.29 is 33.4 Å². The molecule has 2 aromatic rings. The molecular formula is C31H30O7. The lowest BCUT2D eigenvalue weighted by atomic mass is 9.76. The van der Waals surface area contributed by atoms with Crippen LogP contribution in [0.3, 0.4) is 0 Å². The van der Waals surface area contributed by atoms with Crippen LogP contribution in [0.25, 0.3) is 0 Å². The Hall–Kier alpha value is -3.61. The van der Waals surface area contributed by atoms with E-state index < -0.39 is 63.1 Å². The lowest BCUT2D eigenvalue weighted by molar-refractivity contribution is -0.158. The average Bonchev–Trinajstić information content (AvgIpc) is 3.73. The van der Waals surface area contributed by atoms with Crippen LogP contribution in [-0.4, -0.2) is 29.3 Å². The minimum atomic E-state index is -1.89. The highest BCUT2D eigenvalue weighted by Crippen LogP contribution is 2.79. The summed E-state index contributed by atoms with van der Waals surface area (Å²) in [6.45, 7) is 10.4. The van der Waals surface area contributed by atoms with Crippen molar-refractivity contribution >= 4 is 29.3 Å². The summed E-state index contributed by atoms with van der Waals surface area (Å²) >= 11 is 0. The van der Waals surface area contributed by atoms with Crippen molar-refractivity contribution in [1.29, 1.82) is 0 Å². The number of Topliss-reactive ketones (excluding diaryl/α,β-unsaturated/α-hetero) is 3. The number of rotatable bonds is 4. The van der Waals surface area contributed by atoms with Crippen LogP contribution in [0.5, 0.6) is 11.5 Å². The van der Waals surface area contributed by atoms with Crippen LogP contribution in [0, 0.1) is 33.5 Å². The zero-order valence-electron chi connectivity index (χ0n) is 22.3. The van der Waals surface area contributed by atoms with Gasteiger partial charge in [0.05, 0.1) is 11.8 Å². The number of esters is 2. The highest BCUT2D eigenvalue weighted by molar-refractivity contribution is 6.28. The van der Waals surface area contributed by atoms with E-state index in [0.717, 1.165) is 0 Å². The molecule has 0 radical (unpaired) electrons. The predicted octanol–water partition coefficient (Wildman–Crippen LogP) is 4.42. The van der Waals surface area contributed by atoms with Gasteiger partial charge in [0.15, 0.2) is 5.78 Å². The molecule has 2 saturated carbocycles. The van der Waals surface area contributed by atoms with Crippen LogP contribution in [-0.2, 0) is 24.0 Å². The first-order valence-electron chi connectivity index (χ1n) is 13.0. The second kappa shape index (κ2) is 7.28. The minimum absolute atomic E-state index is 0.263. The molecule has 0 spiro atoms. The molecule has 2 aliphatic carbocycles. The van der Waals surface area contributed by atoms with Crippen molar-refractivity contribution in [1.82, 2.24) is 0 Å². The van der Waals surface area contributed by atoms with Gasteiger partial charge in [0.25, 0.3) is 0 Å². The summed E-state index contributed by atoms with van der Waals surface area (Å²) in [5.74, 6) is -5.89. The summed E-state index contributed by atoms with van der Waals surface area (Å²) < 4.78 is 11.4. The Kier molecular flexibility index (Phi) is 4.73. The van der Waals surface area contributed by atoms with E-state index in [-0.39, 0.29) is 11.6 Å². The Labute approximate surface area is 220 Å². The normalized spacial score (nSPS) is 32.5. The highest BCUT2D eigenvalue weighted by atomic mass is 16.5. The van der Waals surface area contributed by atoms with Gasteiger partial charge in [-0.2, -0.15) is 0 Å². The molecule has 6 unspecified atom stereocenters. The Bertz CT molecular complexity index is 1360. The maximum absolute atomic E-state index is 14.9. The monoisotopic (exact) mass is 514 g/mol. The molecule has 0 saturated heterocycles. The zero-order valence-corrected chi connectivity index (χ0v) is 22.3. The second-order valence-corrected chi connectivity index (χ2v) is 13.1. The van der Waals surface area contributed by atoms with Crippen molar-refractivity contribution in [2.75, 3.05) is 0 Å². The van der Waals surface area contributed by atoms with Crippen molar-refractivity contribution in [3.05, 3.63) is 59.7 Å². The van der Waals surface area contributed by atoms with Gasteiger partial charge in [-0.1, -0.05) is 77.9 Å². The molecule has 0 aromatic heterocycles. The number of hydrogen-bond donors (Lipinski definition) is 0. The first-order chi connectivity index (χ1) is 17.7. The van der Waals surface area contributed by atoms with Crippen molar-refractivity contribution in [2.45, 2.75) is 53.4 Å². The molecule has 4 aliphatic rings. The molecule has 2 fully saturated rings. The summed E-state index contributed by atoms with van der Waals surface area (Å²) in [6.07, 6.45) is 0. The van der Waals surface area contributed by atoms with Gasteiger partial charge in [0.2, 0.25) is 0 Å². The van der Waals surface area contributed by atoms with E-state index in [1.54, 1.807) is 90.1 Å². The Morgan fingerprint density at radius 3 is 1.32 bits per heavy atom. The first kappa shape index (κ1) is 24.7. The Morgan fingerprint density at radius 1 is 0.632 bits per heavy atom. The van der Waals surface area contributed by atoms with Gasteiger partial charge in [-0.3, -0.25) is 24.0 Å². The molecular weight excluding hydrogens is 484 g/mol. The maximum Gasteiger partial charge on any atom is 0.326 e. The largest absolute Gasteiger partial charge is 0.425 e. The van der Waals surface area contributed by atoms with Crippen LogP contribution >= 0.6 is 0 Å². The van der Waals surface area contributed by atoms with Gasteiger partial charge in [-0.15, -0.1) is 0 Å². The molecule has 6 rings (SSSR count). The molecule has 6 atom stereocenters. The van der Waals surface area contributed by atoms with E-state index in [1.165, 1.54) is 0 Å². The quantitative estimate of drug-likeness (QED) is 0.338. The molecule has 2 heterocycles. The molecule has 7 heteroatoms. The highest BCUT2D eigenvalue weighted by Gasteiger charge is 2.90. The van der Waals surface area contributed by atoms with Crippen LogP contribution < -0.4 is 9.47 Å². The average molecular weight is 515 g/mol. The maximum atomic E-state index is 14.9. The summed E-state index contributed by atoms with van der Waals surface area (Å²) in [4.78, 5) is 70.0. The van der Waals surface area contributed by atoms with E-state index >= 15 is 0 Å². The molecule has 2 aromatic carbocycles. The van der Waals surface area contributed by atoms with Gasteiger partial charge in [-0.25, -0.2) is 0 Å². The molecule has 7 nitrogen and oxygen atoms in total. The van der Waals surface area contributed by atoms with Crippen LogP contribution in [0.1, 0.15) is 64.5 Å². The smallest absolute Gasteiger partial charge is 0.326 e. The standard InChI is InChI=1S/C31H30O7/c1-28(2,3)23(32)21-19-15-11-7-9-13-17(15)37-26(35)30(19,21)25(34)31-20(22(31)24(33)29(4,5)6)16-12-8-10-14-18(16)38-27(31)36/h7-14,19-22H,1-6H3. The van der Waals surface area contributed by atoms with Gasteiger partial charge >= 0.3 is 11.9 Å². The summed E-state index contributed by atoms with van der Waals surface area (Å²) in [5.41, 5.74) is -4.33. The topological polar surface area (TPSA) is 104 Å². The van der Waals surface area contributed by atoms with Gasteiger partial charge in [0, 0.05) is 33.8 Å². The second-order valence-electron chi connectivity index (χ2n) is 13.1. The van der Waals surface area contributed by atoms with E-state index in [0.29, 0.717) is 22.6 Å². The van der Waals surface area contributed by atoms with E-state index in [2.05, 4.69) is 0 Å². The van der Waals surface area contributed by atoms with Gasteiger partial charge < -0.3 is 9.47 Å². The van der Waals surface area contributed by atoms with Crippen molar-refractivity contribution in [2.24, 2.45) is 33.5 Å². The molecule has 2 aliphatic heterocycles. The molecule has 0 amide bonds. The number of benzene rings is 2. The fourth-order valence-corrected chi connectivity index (χ4v) is 6.90. The number of ketones is 3. The number of hydrogen-bond acceptors (Lipinski definition) is 7. The molecule has 0 N–H and O–H groups in total. The number of para-hydroxylation sites is 2. The van der Waals surface area contributed by atoms with Crippen LogP contribution in [0.4, 0.5) is 0 Å². The summed E-state index contributed by atoms with van der Waals surface area (Å²) in [7, 11) is 0. The first-order valence-corrected chi connectivity index (χ1v) is 13.0. The lowest BCUT2D eigenvalue weighted by Crippen LogP contribution is -2.48. The summed E-state index contributed by atoms with van der Waals surface area (Å²) in [6, 6.07) is 13.7. The van der Waals surface area contributed by atoms with Crippen LogP contribution in [0.15, 0.2) is 48.5 Å². The molecule has 38 heavy (non-hydrogen) atoms. The predicted molar refractivity (Wildman–Crippen MR) is 135 cm³/mol. The number of carbonyl (C=O) groups is 5. The van der Waals surface area contributed by atoms with Gasteiger partial charge in [-0.05, 0) is 12.1 Å². The third-order valence-electron chi connectivity index (χ3n) is 8.79. The number of carbonyl (C=O) groups excluding carboxylic acids is 5. The third kappa shape index (κ3) is 2.82. The molecule has 0 bridgehead atoms. The number of fused-ring (bicyclic) bond motifs is 6. The van der Waals surface area contributed by atoms with Crippen molar-refractivity contribution in [3.63, 3.8) is 0 Å². The van der Waals surface area contributed by atoms with Gasteiger partial charge in [0.1, 0.15) is 33.9 Å². The van der Waals surface area contributed by atoms with E-state index in [4.69, 9.17) is 9.47 Å². The van der Waals surface area contributed by atoms with E-state index in [9.17, 15) is 24.0 Å². The Balaban J connectivity index is 1.56. The minimum Gasteiger partial charge on any atom is -0.425 e. The number of ether oxygens (including phenoxy) is 2. The molecule has 196 valence electrons. The van der Waals surface area contributed by atoms with Crippen LogP contribution in [0.2, 0.25) is 0 Å². The lowest BCUT2D eigenvalue weighted by Gasteiger charge is -2.29. The Morgan fingerprint density at radius 2 is 0.974 bits per heavy atom. The van der Waals surface area contributed by atoms with E-state index in [1.807, 2.05) is 0 Å². The van der Waals surface area contributed by atoms with Crippen molar-refractivity contribution in [3.8, 4) is 11.5 Å². The SMILES string of the molecule is CC(C)(C)C(=O)C1C2c3ccccc3OC(=O)C12C(=O)C12C(=O)Oc3ccccc3C1C2C(=O)C(C)(C)C. The fraction of sp³-hybridized carbons (Fsp3) is 0.452.